The van der Waals surface area contributed by atoms with Crippen LogP contribution in [0.3, 0.4) is 0 Å². The van der Waals surface area contributed by atoms with E-state index in [1.165, 1.54) is 69.9 Å². The summed E-state index contributed by atoms with van der Waals surface area (Å²) < 4.78 is 0. The van der Waals surface area contributed by atoms with E-state index in [-0.39, 0.29) is 5.76 Å². The number of hydrogen-bond acceptors (Lipinski definition) is 2. The van der Waals surface area contributed by atoms with E-state index in [0.29, 0.717) is 0 Å². The Labute approximate surface area is 141 Å². The largest absolute Gasteiger partial charge is 0.508 e. The summed E-state index contributed by atoms with van der Waals surface area (Å²) in [5, 5.41) is 17.8. The zero-order valence-electron chi connectivity index (χ0n) is 14.4. The molecule has 23 heavy (non-hydrogen) atoms. The van der Waals surface area contributed by atoms with Crippen LogP contribution in [0.15, 0.2) is 48.3 Å². The summed E-state index contributed by atoms with van der Waals surface area (Å²) in [6, 6.07) is 0. The van der Waals surface area contributed by atoms with Gasteiger partial charge in [0.25, 0.3) is 0 Å². The number of carboxylic acids is 1. The van der Waals surface area contributed by atoms with Crippen molar-refractivity contribution in [2.75, 3.05) is 0 Å². The number of unbranched alkanes of at least 4 members (excludes halogenated alkanes) is 9. The van der Waals surface area contributed by atoms with Crippen molar-refractivity contribution in [3.05, 3.63) is 48.3 Å². The van der Waals surface area contributed by atoms with Crippen LogP contribution in [0.2, 0.25) is 0 Å². The lowest BCUT2D eigenvalue weighted by molar-refractivity contribution is -0.131. The smallest absolute Gasteiger partial charge is 0.328 e. The maximum absolute atomic E-state index is 10.2. The molecule has 0 amide bonds. The Kier molecular flexibility index (Phi) is 15.3. The molecule has 2 N–H and O–H groups in total. The van der Waals surface area contributed by atoms with Gasteiger partial charge in [-0.05, 0) is 25.0 Å². The quantitative estimate of drug-likeness (QED) is 0.176. The Morgan fingerprint density at radius 3 is 2.00 bits per heavy atom. The van der Waals surface area contributed by atoms with Gasteiger partial charge in [0.1, 0.15) is 5.76 Å². The number of hydrogen-bond donors (Lipinski definition) is 2. The molecular formula is C20H32O3. The van der Waals surface area contributed by atoms with Crippen LogP contribution < -0.4 is 0 Å². The highest BCUT2D eigenvalue weighted by molar-refractivity contribution is 5.80. The third-order valence-corrected chi connectivity index (χ3v) is 3.49. The first-order valence-corrected chi connectivity index (χ1v) is 8.80. The van der Waals surface area contributed by atoms with Gasteiger partial charge in [0.05, 0.1) is 0 Å². The molecule has 0 radical (unpaired) electrons. The van der Waals surface area contributed by atoms with E-state index in [2.05, 4.69) is 13.0 Å². The SMILES string of the molecule is CCCCCCCCCCC/C=C/C=C/C(O)=C\C=C\C(=O)O. The Morgan fingerprint density at radius 2 is 1.39 bits per heavy atom. The number of aliphatic carboxylic acids is 1. The van der Waals surface area contributed by atoms with Crippen molar-refractivity contribution in [1.82, 2.24) is 0 Å². The molecule has 0 atom stereocenters. The van der Waals surface area contributed by atoms with Crippen LogP contribution in [0.4, 0.5) is 0 Å². The molecule has 0 aliphatic heterocycles. The van der Waals surface area contributed by atoms with Crippen LogP contribution in [0.25, 0.3) is 0 Å². The molecular weight excluding hydrogens is 288 g/mol. The zero-order chi connectivity index (χ0) is 17.2. The Bertz CT molecular complexity index is 403. The van der Waals surface area contributed by atoms with E-state index >= 15 is 0 Å². The fraction of sp³-hybridized carbons (Fsp3) is 0.550. The lowest BCUT2D eigenvalue weighted by Crippen LogP contribution is -1.84. The minimum atomic E-state index is -1.03. The van der Waals surface area contributed by atoms with Gasteiger partial charge in [-0.3, -0.25) is 0 Å². The molecule has 0 fully saturated rings. The van der Waals surface area contributed by atoms with Crippen molar-refractivity contribution in [1.29, 1.82) is 0 Å². The molecule has 0 bridgehead atoms. The maximum Gasteiger partial charge on any atom is 0.328 e. The van der Waals surface area contributed by atoms with Gasteiger partial charge in [0.15, 0.2) is 0 Å². The topological polar surface area (TPSA) is 57.5 Å². The van der Waals surface area contributed by atoms with Crippen molar-refractivity contribution < 1.29 is 15.0 Å². The van der Waals surface area contributed by atoms with Crippen LogP contribution in [0.1, 0.15) is 71.1 Å². The number of aliphatic hydroxyl groups excluding tert-OH is 1. The minimum absolute atomic E-state index is 0.0372. The average molecular weight is 320 g/mol. The fourth-order valence-electron chi connectivity index (χ4n) is 2.19. The first-order chi connectivity index (χ1) is 11.2. The molecule has 130 valence electrons. The summed E-state index contributed by atoms with van der Waals surface area (Å²) >= 11 is 0. The van der Waals surface area contributed by atoms with E-state index < -0.39 is 5.97 Å². The van der Waals surface area contributed by atoms with Crippen LogP contribution in [-0.2, 0) is 4.79 Å². The molecule has 0 aromatic rings. The predicted molar refractivity (Wildman–Crippen MR) is 97.6 cm³/mol. The molecule has 0 rings (SSSR count). The molecule has 3 nitrogen and oxygen atoms in total. The predicted octanol–water partition coefficient (Wildman–Crippen LogP) is 6.10. The third-order valence-electron chi connectivity index (χ3n) is 3.49. The van der Waals surface area contributed by atoms with Gasteiger partial charge < -0.3 is 10.2 Å². The number of rotatable bonds is 14. The van der Waals surface area contributed by atoms with E-state index in [4.69, 9.17) is 5.11 Å². The van der Waals surface area contributed by atoms with Gasteiger partial charge in [-0.25, -0.2) is 4.79 Å². The highest BCUT2D eigenvalue weighted by Gasteiger charge is 1.91. The van der Waals surface area contributed by atoms with Crippen LogP contribution in [0.5, 0.6) is 0 Å². The molecule has 0 aromatic carbocycles. The zero-order valence-corrected chi connectivity index (χ0v) is 14.4. The van der Waals surface area contributed by atoms with E-state index in [1.54, 1.807) is 12.2 Å². The first kappa shape index (κ1) is 21.2. The summed E-state index contributed by atoms with van der Waals surface area (Å²) in [5.41, 5.74) is 0. The van der Waals surface area contributed by atoms with E-state index in [1.807, 2.05) is 6.08 Å². The monoisotopic (exact) mass is 320 g/mol. The van der Waals surface area contributed by atoms with Crippen molar-refractivity contribution in [2.45, 2.75) is 71.1 Å². The highest BCUT2D eigenvalue weighted by Crippen LogP contribution is 2.10. The van der Waals surface area contributed by atoms with E-state index in [0.717, 1.165) is 12.5 Å². The van der Waals surface area contributed by atoms with Crippen molar-refractivity contribution >= 4 is 5.97 Å². The molecule has 0 heterocycles. The van der Waals surface area contributed by atoms with Crippen LogP contribution in [0, 0.1) is 0 Å². The molecule has 0 aliphatic rings. The van der Waals surface area contributed by atoms with Crippen molar-refractivity contribution in [3.63, 3.8) is 0 Å². The van der Waals surface area contributed by atoms with Crippen molar-refractivity contribution in [2.24, 2.45) is 0 Å². The van der Waals surface area contributed by atoms with Crippen LogP contribution >= 0.6 is 0 Å². The highest BCUT2D eigenvalue weighted by atomic mass is 16.4. The fourth-order valence-corrected chi connectivity index (χ4v) is 2.19. The Hall–Kier alpha value is -1.77. The standard InChI is InChI=1S/C20H32O3/c1-2-3-4-5-6-7-8-9-10-11-12-13-14-16-19(21)17-15-18-20(22)23/h12-18,21H,2-11H2,1H3,(H,22,23)/b13-12+,16-14+,18-15+,19-17+. The second kappa shape index (κ2) is 16.6. The summed E-state index contributed by atoms with van der Waals surface area (Å²) in [7, 11) is 0. The lowest BCUT2D eigenvalue weighted by atomic mass is 10.1. The molecule has 0 unspecified atom stereocenters. The molecule has 0 saturated carbocycles. The molecule has 3 heteroatoms. The average Bonchev–Trinajstić information content (AvgIpc) is 2.51. The second-order valence-electron chi connectivity index (χ2n) is 5.69. The van der Waals surface area contributed by atoms with Gasteiger partial charge in [0, 0.05) is 6.08 Å². The third kappa shape index (κ3) is 18.2. The molecule has 0 saturated heterocycles. The Morgan fingerprint density at radius 1 is 0.783 bits per heavy atom. The maximum atomic E-state index is 10.2. The molecule has 0 spiro atoms. The minimum Gasteiger partial charge on any atom is -0.508 e. The van der Waals surface area contributed by atoms with Crippen molar-refractivity contribution in [3.8, 4) is 0 Å². The summed E-state index contributed by atoms with van der Waals surface area (Å²) in [6.45, 7) is 2.25. The summed E-state index contributed by atoms with van der Waals surface area (Å²) in [4.78, 5) is 10.2. The van der Waals surface area contributed by atoms with Gasteiger partial charge in [-0.1, -0.05) is 82.6 Å². The first-order valence-electron chi connectivity index (χ1n) is 8.80. The molecule has 0 aromatic heterocycles. The number of carbonyl (C=O) groups is 1. The van der Waals surface area contributed by atoms with Gasteiger partial charge in [-0.2, -0.15) is 0 Å². The summed E-state index contributed by atoms with van der Waals surface area (Å²) in [5.74, 6) is -0.992. The van der Waals surface area contributed by atoms with Gasteiger partial charge in [0.2, 0.25) is 0 Å². The van der Waals surface area contributed by atoms with Crippen LogP contribution in [-0.4, -0.2) is 16.2 Å². The Balaban J connectivity index is 3.53. The van der Waals surface area contributed by atoms with Gasteiger partial charge >= 0.3 is 5.97 Å². The lowest BCUT2D eigenvalue weighted by Gasteiger charge is -2.00. The number of carboxylic acid groups (broad SMARTS) is 1. The molecule has 0 aliphatic carbocycles. The van der Waals surface area contributed by atoms with E-state index in [9.17, 15) is 9.90 Å². The number of aliphatic hydroxyl groups is 1. The number of allylic oxidation sites excluding steroid dienone is 6. The second-order valence-corrected chi connectivity index (χ2v) is 5.69. The summed E-state index contributed by atoms with van der Waals surface area (Å²) in [6.07, 6.45) is 24.0. The normalized spacial score (nSPS) is 12.8. The van der Waals surface area contributed by atoms with Gasteiger partial charge in [-0.15, -0.1) is 0 Å².